The Morgan fingerprint density at radius 3 is 2.79 bits per heavy atom. The number of piperidine rings is 1. The molecule has 4 rings (SSSR count). The standard InChI is InChI=1S/C22H25ClN2O3/c1-26-20-5-3-2-4-19(20)25-10-8-16(9-11-25)13-24-14-18-15-27-21-7-6-17(23)12-22(21)28-18/h2-7,12,15-16,24H,8-11,13-14H2,1H3. The Bertz CT molecular complexity index is 847. The molecular formula is C22H25ClN2O3. The highest BCUT2D eigenvalue weighted by atomic mass is 35.5. The van der Waals surface area contributed by atoms with Gasteiger partial charge in [-0.25, -0.2) is 0 Å². The van der Waals surface area contributed by atoms with Crippen LogP contribution in [-0.2, 0) is 0 Å². The number of hydrogen-bond acceptors (Lipinski definition) is 5. The second-order valence-corrected chi connectivity index (χ2v) is 7.56. The zero-order chi connectivity index (χ0) is 19.3. The van der Waals surface area contributed by atoms with Gasteiger partial charge in [0.15, 0.2) is 17.3 Å². The molecule has 0 bridgehead atoms. The van der Waals surface area contributed by atoms with Crippen LogP contribution in [0.25, 0.3) is 0 Å². The first-order chi connectivity index (χ1) is 13.7. The summed E-state index contributed by atoms with van der Waals surface area (Å²) in [5.41, 5.74) is 1.19. The Morgan fingerprint density at radius 2 is 1.96 bits per heavy atom. The Hall–Kier alpha value is -2.37. The molecule has 2 aromatic rings. The predicted molar refractivity (Wildman–Crippen MR) is 112 cm³/mol. The Morgan fingerprint density at radius 1 is 1.14 bits per heavy atom. The van der Waals surface area contributed by atoms with Crippen LogP contribution in [0.5, 0.6) is 17.2 Å². The van der Waals surface area contributed by atoms with Gasteiger partial charge in [-0.1, -0.05) is 23.7 Å². The van der Waals surface area contributed by atoms with E-state index < -0.39 is 0 Å². The number of nitrogens with zero attached hydrogens (tertiary/aromatic N) is 1. The second kappa shape index (κ2) is 8.76. The second-order valence-electron chi connectivity index (χ2n) is 7.13. The topological polar surface area (TPSA) is 43.0 Å². The van der Waals surface area contributed by atoms with Crippen LogP contribution in [0.2, 0.25) is 5.02 Å². The van der Waals surface area contributed by atoms with Crippen molar-refractivity contribution in [3.05, 3.63) is 59.5 Å². The quantitative estimate of drug-likeness (QED) is 0.775. The fourth-order valence-corrected chi connectivity index (χ4v) is 3.86. The highest BCUT2D eigenvalue weighted by Crippen LogP contribution is 2.34. The summed E-state index contributed by atoms with van der Waals surface area (Å²) in [4.78, 5) is 2.41. The van der Waals surface area contributed by atoms with E-state index in [0.29, 0.717) is 29.0 Å². The lowest BCUT2D eigenvalue weighted by Gasteiger charge is -2.34. The van der Waals surface area contributed by atoms with E-state index in [1.807, 2.05) is 18.2 Å². The third kappa shape index (κ3) is 4.37. The van der Waals surface area contributed by atoms with E-state index in [0.717, 1.165) is 44.0 Å². The summed E-state index contributed by atoms with van der Waals surface area (Å²) in [5.74, 6) is 3.72. The third-order valence-corrected chi connectivity index (χ3v) is 5.47. The van der Waals surface area contributed by atoms with Crippen molar-refractivity contribution in [3.63, 3.8) is 0 Å². The molecule has 0 saturated carbocycles. The molecule has 148 valence electrons. The molecule has 28 heavy (non-hydrogen) atoms. The van der Waals surface area contributed by atoms with E-state index in [2.05, 4.69) is 22.3 Å². The molecule has 0 atom stereocenters. The molecule has 2 aliphatic heterocycles. The first kappa shape index (κ1) is 19.0. The van der Waals surface area contributed by atoms with Gasteiger partial charge in [0.2, 0.25) is 0 Å². The van der Waals surface area contributed by atoms with Crippen molar-refractivity contribution < 1.29 is 14.2 Å². The zero-order valence-corrected chi connectivity index (χ0v) is 16.7. The minimum atomic E-state index is 0.637. The van der Waals surface area contributed by atoms with E-state index in [9.17, 15) is 0 Å². The molecule has 1 fully saturated rings. The number of anilines is 1. The molecule has 2 aliphatic rings. The first-order valence-corrected chi connectivity index (χ1v) is 10.0. The summed E-state index contributed by atoms with van der Waals surface area (Å²) in [7, 11) is 1.73. The summed E-state index contributed by atoms with van der Waals surface area (Å²) in [5, 5.41) is 4.14. The molecule has 5 nitrogen and oxygen atoms in total. The molecule has 1 saturated heterocycles. The molecule has 0 unspecified atom stereocenters. The molecule has 6 heteroatoms. The number of nitrogens with one attached hydrogen (secondary N) is 1. The predicted octanol–water partition coefficient (Wildman–Crippen LogP) is 4.47. The number of benzene rings is 2. The average Bonchev–Trinajstić information content (AvgIpc) is 2.74. The van der Waals surface area contributed by atoms with Crippen molar-refractivity contribution in [2.24, 2.45) is 5.92 Å². The Labute approximate surface area is 170 Å². The van der Waals surface area contributed by atoms with Gasteiger partial charge in [0.1, 0.15) is 12.0 Å². The van der Waals surface area contributed by atoms with Gasteiger partial charge in [-0.15, -0.1) is 0 Å². The lowest BCUT2D eigenvalue weighted by Crippen LogP contribution is -2.38. The van der Waals surface area contributed by atoms with Crippen molar-refractivity contribution >= 4 is 17.3 Å². The summed E-state index contributed by atoms with van der Waals surface area (Å²) in [6, 6.07) is 13.6. The van der Waals surface area contributed by atoms with Gasteiger partial charge in [0.05, 0.1) is 19.3 Å². The Balaban J connectivity index is 1.23. The van der Waals surface area contributed by atoms with Gasteiger partial charge >= 0.3 is 0 Å². The van der Waals surface area contributed by atoms with Gasteiger partial charge in [0.25, 0.3) is 0 Å². The molecule has 0 spiro atoms. The van der Waals surface area contributed by atoms with E-state index >= 15 is 0 Å². The number of para-hydroxylation sites is 2. The maximum atomic E-state index is 6.02. The molecule has 1 N–H and O–H groups in total. The van der Waals surface area contributed by atoms with Gasteiger partial charge in [0, 0.05) is 24.2 Å². The van der Waals surface area contributed by atoms with E-state index in [4.69, 9.17) is 25.8 Å². The van der Waals surface area contributed by atoms with Crippen LogP contribution in [0.4, 0.5) is 5.69 Å². The van der Waals surface area contributed by atoms with Crippen LogP contribution in [0.1, 0.15) is 12.8 Å². The lowest BCUT2D eigenvalue weighted by molar-refractivity contribution is 0.307. The molecule has 0 radical (unpaired) electrons. The molecule has 0 aliphatic carbocycles. The lowest BCUT2D eigenvalue weighted by atomic mass is 9.96. The largest absolute Gasteiger partial charge is 0.495 e. The zero-order valence-electron chi connectivity index (χ0n) is 16.0. The van der Waals surface area contributed by atoms with Crippen LogP contribution < -0.4 is 24.4 Å². The molecular weight excluding hydrogens is 376 g/mol. The summed E-state index contributed by atoms with van der Waals surface area (Å²) in [6.07, 6.45) is 3.97. The minimum Gasteiger partial charge on any atom is -0.495 e. The van der Waals surface area contributed by atoms with Crippen molar-refractivity contribution in [2.75, 3.05) is 38.2 Å². The first-order valence-electron chi connectivity index (χ1n) is 9.64. The highest BCUT2D eigenvalue weighted by Gasteiger charge is 2.21. The van der Waals surface area contributed by atoms with Crippen LogP contribution in [0.3, 0.4) is 0 Å². The fourth-order valence-electron chi connectivity index (χ4n) is 3.70. The number of halogens is 1. The van der Waals surface area contributed by atoms with E-state index in [1.54, 1.807) is 25.5 Å². The summed E-state index contributed by atoms with van der Waals surface area (Å²) < 4.78 is 17.0. The van der Waals surface area contributed by atoms with Crippen molar-refractivity contribution in [1.29, 1.82) is 0 Å². The summed E-state index contributed by atoms with van der Waals surface area (Å²) >= 11 is 6.02. The van der Waals surface area contributed by atoms with Crippen molar-refractivity contribution in [2.45, 2.75) is 12.8 Å². The van der Waals surface area contributed by atoms with Crippen molar-refractivity contribution in [1.82, 2.24) is 5.32 Å². The normalized spacial score (nSPS) is 16.6. The maximum absolute atomic E-state index is 6.02. The highest BCUT2D eigenvalue weighted by molar-refractivity contribution is 6.30. The van der Waals surface area contributed by atoms with Gasteiger partial charge < -0.3 is 24.4 Å². The number of methoxy groups -OCH3 is 1. The number of ether oxygens (including phenoxy) is 3. The SMILES string of the molecule is COc1ccccc1N1CCC(CNCC2=COc3ccc(Cl)cc3O2)CC1. The molecule has 0 aromatic heterocycles. The van der Waals surface area contributed by atoms with Gasteiger partial charge in [-0.3, -0.25) is 0 Å². The monoisotopic (exact) mass is 400 g/mol. The van der Waals surface area contributed by atoms with Gasteiger partial charge in [-0.2, -0.15) is 0 Å². The molecule has 2 aromatic carbocycles. The van der Waals surface area contributed by atoms with Gasteiger partial charge in [-0.05, 0) is 49.6 Å². The third-order valence-electron chi connectivity index (χ3n) is 5.24. The van der Waals surface area contributed by atoms with Crippen LogP contribution in [-0.4, -0.2) is 33.3 Å². The fraction of sp³-hybridized carbons (Fsp3) is 0.364. The van der Waals surface area contributed by atoms with Crippen molar-refractivity contribution in [3.8, 4) is 17.2 Å². The average molecular weight is 401 g/mol. The van der Waals surface area contributed by atoms with E-state index in [1.165, 1.54) is 5.69 Å². The molecule has 0 amide bonds. The maximum Gasteiger partial charge on any atom is 0.171 e. The minimum absolute atomic E-state index is 0.637. The van der Waals surface area contributed by atoms with Crippen LogP contribution >= 0.6 is 11.6 Å². The summed E-state index contributed by atoms with van der Waals surface area (Å²) in [6.45, 7) is 3.68. The Kier molecular flexibility index (Phi) is 5.93. The van der Waals surface area contributed by atoms with Crippen LogP contribution in [0, 0.1) is 5.92 Å². The van der Waals surface area contributed by atoms with Crippen LogP contribution in [0.15, 0.2) is 54.5 Å². The smallest absolute Gasteiger partial charge is 0.171 e. The molecule has 2 heterocycles. The number of rotatable bonds is 6. The number of fused-ring (bicyclic) bond motifs is 1. The van der Waals surface area contributed by atoms with E-state index in [-0.39, 0.29) is 0 Å². The number of hydrogen-bond donors (Lipinski definition) is 1.